The Labute approximate surface area is 144 Å². The topological polar surface area (TPSA) is 32.6 Å². The standard InChI is InChI=1S/C18H19BrN4/c1-22-9-7-13-5-6-15(10-14(13)12-22)20-11-16-18(19)23-8-3-2-4-17(23)21-16/h2-6,8,10,20H,7,9,11-12H2,1H3. The van der Waals surface area contributed by atoms with E-state index in [-0.39, 0.29) is 0 Å². The van der Waals surface area contributed by atoms with Crippen molar-refractivity contribution in [2.45, 2.75) is 19.5 Å². The van der Waals surface area contributed by atoms with Crippen LogP contribution in [0.4, 0.5) is 5.69 Å². The molecule has 0 atom stereocenters. The summed E-state index contributed by atoms with van der Waals surface area (Å²) in [5.74, 6) is 0. The number of imidazole rings is 1. The van der Waals surface area contributed by atoms with E-state index in [9.17, 15) is 0 Å². The first-order valence-electron chi connectivity index (χ1n) is 7.86. The molecule has 4 rings (SSSR count). The third kappa shape index (κ3) is 2.86. The van der Waals surface area contributed by atoms with Crippen LogP contribution in [0.25, 0.3) is 5.65 Å². The lowest BCUT2D eigenvalue weighted by Gasteiger charge is -2.25. The third-order valence-electron chi connectivity index (χ3n) is 4.41. The van der Waals surface area contributed by atoms with Gasteiger partial charge in [0.15, 0.2) is 0 Å². The van der Waals surface area contributed by atoms with Gasteiger partial charge in [-0.15, -0.1) is 0 Å². The molecule has 118 valence electrons. The largest absolute Gasteiger partial charge is 0.379 e. The molecule has 5 heteroatoms. The first-order valence-corrected chi connectivity index (χ1v) is 8.66. The number of fused-ring (bicyclic) bond motifs is 2. The predicted molar refractivity (Wildman–Crippen MR) is 96.7 cm³/mol. The second-order valence-electron chi connectivity index (χ2n) is 6.10. The predicted octanol–water partition coefficient (Wildman–Crippen LogP) is 3.70. The normalized spacial score (nSPS) is 14.9. The molecule has 0 saturated carbocycles. The quantitative estimate of drug-likeness (QED) is 0.762. The molecule has 4 nitrogen and oxygen atoms in total. The SMILES string of the molecule is CN1CCc2ccc(NCc3nc4ccccn4c3Br)cc2C1. The van der Waals surface area contributed by atoms with Crippen molar-refractivity contribution in [1.29, 1.82) is 0 Å². The second-order valence-corrected chi connectivity index (χ2v) is 6.85. The van der Waals surface area contributed by atoms with Crippen molar-refractivity contribution in [3.63, 3.8) is 0 Å². The highest BCUT2D eigenvalue weighted by atomic mass is 79.9. The molecule has 0 fully saturated rings. The van der Waals surface area contributed by atoms with Gasteiger partial charge in [-0.05, 0) is 64.8 Å². The van der Waals surface area contributed by atoms with Gasteiger partial charge in [0.2, 0.25) is 0 Å². The number of anilines is 1. The molecule has 3 aromatic rings. The maximum Gasteiger partial charge on any atom is 0.137 e. The van der Waals surface area contributed by atoms with Crippen LogP contribution in [0.2, 0.25) is 0 Å². The number of halogens is 1. The fourth-order valence-corrected chi connectivity index (χ4v) is 3.65. The summed E-state index contributed by atoms with van der Waals surface area (Å²) >= 11 is 3.65. The van der Waals surface area contributed by atoms with E-state index in [4.69, 9.17) is 0 Å². The molecule has 0 unspecified atom stereocenters. The number of pyridine rings is 1. The van der Waals surface area contributed by atoms with Crippen molar-refractivity contribution in [2.24, 2.45) is 0 Å². The summed E-state index contributed by atoms with van der Waals surface area (Å²) in [5, 5.41) is 3.50. The third-order valence-corrected chi connectivity index (χ3v) is 5.25. The average molecular weight is 371 g/mol. The number of hydrogen-bond donors (Lipinski definition) is 1. The molecule has 0 spiro atoms. The molecule has 23 heavy (non-hydrogen) atoms. The van der Waals surface area contributed by atoms with Crippen molar-refractivity contribution in [3.8, 4) is 0 Å². The Morgan fingerprint density at radius 2 is 2.13 bits per heavy atom. The minimum atomic E-state index is 0.705. The lowest BCUT2D eigenvalue weighted by Crippen LogP contribution is -2.26. The summed E-state index contributed by atoms with van der Waals surface area (Å²) in [6.45, 7) is 2.88. The monoisotopic (exact) mass is 370 g/mol. The summed E-state index contributed by atoms with van der Waals surface area (Å²) in [7, 11) is 2.18. The van der Waals surface area contributed by atoms with Crippen LogP contribution in [0.3, 0.4) is 0 Å². The van der Waals surface area contributed by atoms with E-state index in [1.807, 2.05) is 24.4 Å². The Kier molecular flexibility index (Phi) is 3.83. The Morgan fingerprint density at radius 3 is 3.00 bits per heavy atom. The van der Waals surface area contributed by atoms with Crippen molar-refractivity contribution in [1.82, 2.24) is 14.3 Å². The summed E-state index contributed by atoms with van der Waals surface area (Å²) in [4.78, 5) is 7.04. The molecular weight excluding hydrogens is 352 g/mol. The number of likely N-dealkylation sites (N-methyl/N-ethyl adjacent to an activating group) is 1. The Bertz CT molecular complexity index is 855. The van der Waals surface area contributed by atoms with Gasteiger partial charge in [-0.2, -0.15) is 0 Å². The van der Waals surface area contributed by atoms with Crippen LogP contribution in [0.15, 0.2) is 47.2 Å². The van der Waals surface area contributed by atoms with Gasteiger partial charge in [-0.1, -0.05) is 12.1 Å². The minimum absolute atomic E-state index is 0.705. The van der Waals surface area contributed by atoms with E-state index >= 15 is 0 Å². The van der Waals surface area contributed by atoms with Gasteiger partial charge in [0.25, 0.3) is 0 Å². The zero-order valence-corrected chi connectivity index (χ0v) is 14.7. The van der Waals surface area contributed by atoms with Crippen LogP contribution in [-0.2, 0) is 19.5 Å². The molecule has 0 saturated heterocycles. The summed E-state index contributed by atoms with van der Waals surface area (Å²) in [6, 6.07) is 12.7. The van der Waals surface area contributed by atoms with Gasteiger partial charge in [0, 0.05) is 25.0 Å². The second kappa shape index (κ2) is 5.98. The molecule has 0 amide bonds. The Morgan fingerprint density at radius 1 is 1.22 bits per heavy atom. The zero-order valence-electron chi connectivity index (χ0n) is 13.1. The van der Waals surface area contributed by atoms with Crippen molar-refractivity contribution >= 4 is 27.3 Å². The highest BCUT2D eigenvalue weighted by Gasteiger charge is 2.14. The smallest absolute Gasteiger partial charge is 0.137 e. The van der Waals surface area contributed by atoms with E-state index < -0.39 is 0 Å². The number of rotatable bonds is 3. The van der Waals surface area contributed by atoms with Crippen LogP contribution in [0, 0.1) is 0 Å². The molecule has 0 aliphatic carbocycles. The number of aromatic nitrogens is 2. The van der Waals surface area contributed by atoms with Crippen molar-refractivity contribution in [3.05, 3.63) is 64.0 Å². The Hall–Kier alpha value is -1.85. The molecule has 0 bridgehead atoms. The summed E-state index contributed by atoms with van der Waals surface area (Å²) in [6.07, 6.45) is 3.16. The first kappa shape index (κ1) is 14.7. The number of nitrogens with one attached hydrogen (secondary N) is 1. The minimum Gasteiger partial charge on any atom is -0.379 e. The highest BCUT2D eigenvalue weighted by molar-refractivity contribution is 9.10. The fourth-order valence-electron chi connectivity index (χ4n) is 3.12. The first-order chi connectivity index (χ1) is 11.2. The molecule has 1 aliphatic rings. The number of nitrogens with zero attached hydrogens (tertiary/aromatic N) is 3. The number of benzene rings is 1. The van der Waals surface area contributed by atoms with Crippen molar-refractivity contribution in [2.75, 3.05) is 18.9 Å². The van der Waals surface area contributed by atoms with E-state index in [2.05, 4.69) is 60.8 Å². The zero-order chi connectivity index (χ0) is 15.8. The van der Waals surface area contributed by atoms with Crippen LogP contribution < -0.4 is 5.32 Å². The van der Waals surface area contributed by atoms with Gasteiger partial charge in [-0.3, -0.25) is 4.40 Å². The lowest BCUT2D eigenvalue weighted by atomic mass is 9.99. The highest BCUT2D eigenvalue weighted by Crippen LogP contribution is 2.24. The van der Waals surface area contributed by atoms with Crippen LogP contribution in [0.1, 0.15) is 16.8 Å². The van der Waals surface area contributed by atoms with E-state index in [0.717, 1.165) is 41.1 Å². The molecular formula is C18H19BrN4. The molecule has 2 aromatic heterocycles. The lowest BCUT2D eigenvalue weighted by molar-refractivity contribution is 0.313. The Balaban J connectivity index is 1.54. The van der Waals surface area contributed by atoms with Crippen LogP contribution in [-0.4, -0.2) is 27.9 Å². The molecule has 1 aliphatic heterocycles. The summed E-state index contributed by atoms with van der Waals surface area (Å²) < 4.78 is 3.07. The van der Waals surface area contributed by atoms with Crippen molar-refractivity contribution < 1.29 is 0 Å². The van der Waals surface area contributed by atoms with Gasteiger partial charge < -0.3 is 10.2 Å². The molecule has 0 radical (unpaired) electrons. The van der Waals surface area contributed by atoms with E-state index in [1.165, 1.54) is 11.1 Å². The average Bonchev–Trinajstić information content (AvgIpc) is 2.89. The van der Waals surface area contributed by atoms with E-state index in [1.54, 1.807) is 0 Å². The molecule has 1 N–H and O–H groups in total. The van der Waals surface area contributed by atoms with E-state index in [0.29, 0.717) is 6.54 Å². The maximum atomic E-state index is 4.67. The molecule has 3 heterocycles. The van der Waals surface area contributed by atoms with Crippen LogP contribution in [0.5, 0.6) is 0 Å². The van der Waals surface area contributed by atoms with Gasteiger partial charge in [-0.25, -0.2) is 4.98 Å². The van der Waals surface area contributed by atoms with Gasteiger partial charge in [0.1, 0.15) is 10.3 Å². The number of hydrogen-bond acceptors (Lipinski definition) is 3. The summed E-state index contributed by atoms with van der Waals surface area (Å²) in [5.41, 5.74) is 6.04. The van der Waals surface area contributed by atoms with Gasteiger partial charge >= 0.3 is 0 Å². The fraction of sp³-hybridized carbons (Fsp3) is 0.278. The van der Waals surface area contributed by atoms with Crippen LogP contribution >= 0.6 is 15.9 Å². The molecule has 1 aromatic carbocycles. The van der Waals surface area contributed by atoms with Gasteiger partial charge in [0.05, 0.1) is 12.2 Å². The maximum absolute atomic E-state index is 4.67.